The number of nitrogens with one attached hydrogen (secondary N) is 2. The molecule has 65 heavy (non-hydrogen) atoms. The molecule has 0 spiro atoms. The van der Waals surface area contributed by atoms with Crippen molar-refractivity contribution in [2.75, 3.05) is 52.3 Å². The predicted molar refractivity (Wildman–Crippen MR) is 241 cm³/mol. The average Bonchev–Trinajstić information content (AvgIpc) is 3.92. The van der Waals surface area contributed by atoms with Crippen molar-refractivity contribution in [2.45, 2.75) is 54.9 Å². The second-order valence-corrected chi connectivity index (χ2v) is 17.8. The normalized spacial score (nSPS) is 19.8. The second kappa shape index (κ2) is 19.5. The first kappa shape index (κ1) is 45.4. The highest BCUT2D eigenvalue weighted by Gasteiger charge is 2.46. The maximum Gasteiger partial charge on any atom is 0.288 e. The van der Waals surface area contributed by atoms with Gasteiger partial charge in [-0.05, 0) is 90.8 Å². The largest absolute Gasteiger partial charge is 0.497 e. The quantitative estimate of drug-likeness (QED) is 0.0253. The summed E-state index contributed by atoms with van der Waals surface area (Å²) in [6.07, 6.45) is 6.02. The van der Waals surface area contributed by atoms with E-state index < -0.39 is 38.9 Å². The Labute approximate surface area is 379 Å². The summed E-state index contributed by atoms with van der Waals surface area (Å²) in [6, 6.07) is 19.8. The minimum atomic E-state index is -4.69. The molecule has 4 aliphatic rings. The van der Waals surface area contributed by atoms with Gasteiger partial charge in [0, 0.05) is 24.5 Å². The van der Waals surface area contributed by atoms with Crippen LogP contribution >= 0.6 is 12.0 Å². The van der Waals surface area contributed by atoms with Crippen molar-refractivity contribution in [3.05, 3.63) is 107 Å². The van der Waals surface area contributed by atoms with E-state index in [2.05, 4.69) is 15.7 Å². The Morgan fingerprint density at radius 2 is 1.12 bits per heavy atom. The molecule has 4 aliphatic heterocycles. The topological polar surface area (TPSA) is 213 Å². The van der Waals surface area contributed by atoms with Gasteiger partial charge < -0.3 is 48.9 Å². The van der Waals surface area contributed by atoms with Crippen LogP contribution in [0.4, 0.5) is 11.4 Å². The molecule has 0 saturated heterocycles. The van der Waals surface area contributed by atoms with Crippen LogP contribution in [0.25, 0.3) is 11.1 Å². The summed E-state index contributed by atoms with van der Waals surface area (Å²) in [7, 11) is 1.40. The van der Waals surface area contributed by atoms with E-state index in [4.69, 9.17) is 38.0 Å². The molecule has 4 atom stereocenters. The number of hydrogen-bond donors (Lipinski definition) is 4. The number of methoxy groups -OCH3 is 4. The van der Waals surface area contributed by atoms with E-state index in [-0.39, 0.29) is 41.7 Å². The Kier molecular flexibility index (Phi) is 13.6. The van der Waals surface area contributed by atoms with Crippen LogP contribution in [0, 0.1) is 0 Å². The molecule has 0 saturated carbocycles. The molecule has 4 aromatic carbocycles. The number of ether oxygens (including phenoxy) is 6. The summed E-state index contributed by atoms with van der Waals surface area (Å²) < 4.78 is 74.9. The summed E-state index contributed by atoms with van der Waals surface area (Å²) in [5.74, 6) is 1.97. The van der Waals surface area contributed by atoms with Gasteiger partial charge in [-0.25, -0.2) is 5.26 Å². The van der Waals surface area contributed by atoms with Gasteiger partial charge in [0.05, 0.1) is 88.3 Å². The molecule has 4 N–H and O–H groups in total. The van der Waals surface area contributed by atoms with Crippen molar-refractivity contribution < 1.29 is 65.6 Å². The lowest BCUT2D eigenvalue weighted by molar-refractivity contribution is -0.432. The third-order valence-corrected chi connectivity index (χ3v) is 13.6. The van der Waals surface area contributed by atoms with Gasteiger partial charge in [0.1, 0.15) is 16.9 Å². The minimum Gasteiger partial charge on any atom is -0.497 e. The first-order valence-electron chi connectivity index (χ1n) is 20.6. The number of benzene rings is 4. The van der Waals surface area contributed by atoms with Crippen LogP contribution in [0.15, 0.2) is 85.2 Å². The van der Waals surface area contributed by atoms with E-state index in [0.717, 1.165) is 34.3 Å². The summed E-state index contributed by atoms with van der Waals surface area (Å²) in [4.78, 5) is 31.1. The minimum absolute atomic E-state index is 0.153. The van der Waals surface area contributed by atoms with E-state index in [1.165, 1.54) is 31.3 Å². The van der Waals surface area contributed by atoms with Gasteiger partial charge in [-0.2, -0.15) is 8.42 Å². The number of amides is 2. The van der Waals surface area contributed by atoms with Gasteiger partial charge in [-0.3, -0.25) is 14.1 Å². The van der Waals surface area contributed by atoms with Gasteiger partial charge in [0.25, 0.3) is 21.9 Å². The molecule has 0 radical (unpaired) electrons. The van der Waals surface area contributed by atoms with Crippen LogP contribution in [0.2, 0.25) is 0 Å². The molecule has 0 fully saturated rings. The SMILES string of the molecule is COc1ccc(C2=CN3C(=O)c4cc(OC)c(OCCCCCOc5cc6c(cc5OC)C(=O)N5C=C(c7ccc(OC)cc7)C[C@H]5[C@H](SOOO)N6)cc4N[C@@H](S(=O)(=O)O)[C@@H]3C2)cc1. The van der Waals surface area contributed by atoms with E-state index >= 15 is 0 Å². The maximum atomic E-state index is 14.1. The molecule has 2 amide bonds. The maximum absolute atomic E-state index is 14.1. The fourth-order valence-corrected chi connectivity index (χ4v) is 9.95. The highest BCUT2D eigenvalue weighted by atomic mass is 32.2. The van der Waals surface area contributed by atoms with E-state index in [0.29, 0.717) is 66.5 Å². The van der Waals surface area contributed by atoms with Crippen molar-refractivity contribution in [3.63, 3.8) is 0 Å². The third-order valence-electron chi connectivity index (χ3n) is 11.7. The zero-order chi connectivity index (χ0) is 45.8. The summed E-state index contributed by atoms with van der Waals surface area (Å²) in [6.45, 7) is 0.565. The number of hydrogen-bond acceptors (Lipinski definition) is 16. The number of unbranched alkanes of at least 4 members (excludes halogenated alkanes) is 2. The molecule has 4 heterocycles. The molecule has 18 nitrogen and oxygen atoms in total. The third kappa shape index (κ3) is 9.49. The summed E-state index contributed by atoms with van der Waals surface area (Å²) in [5, 5.41) is 17.1. The fourth-order valence-electron chi connectivity index (χ4n) is 8.40. The summed E-state index contributed by atoms with van der Waals surface area (Å²) in [5.41, 5.74) is 4.54. The van der Waals surface area contributed by atoms with E-state index in [1.807, 2.05) is 42.6 Å². The van der Waals surface area contributed by atoms with Crippen LogP contribution in [0.3, 0.4) is 0 Å². The van der Waals surface area contributed by atoms with Crippen molar-refractivity contribution in [3.8, 4) is 34.5 Å². The number of carbonyl (C=O) groups excluding carboxylic acids is 2. The van der Waals surface area contributed by atoms with Crippen molar-refractivity contribution in [1.29, 1.82) is 0 Å². The van der Waals surface area contributed by atoms with Gasteiger partial charge in [-0.1, -0.05) is 29.3 Å². The Morgan fingerprint density at radius 3 is 1.58 bits per heavy atom. The molecular weight excluding hydrogens is 885 g/mol. The lowest BCUT2D eigenvalue weighted by Gasteiger charge is -2.27. The van der Waals surface area contributed by atoms with Crippen molar-refractivity contribution in [1.82, 2.24) is 9.80 Å². The van der Waals surface area contributed by atoms with Gasteiger partial charge in [0.2, 0.25) is 0 Å². The molecule has 0 unspecified atom stereocenters. The first-order chi connectivity index (χ1) is 31.4. The molecule has 20 heteroatoms. The van der Waals surface area contributed by atoms with Crippen LogP contribution in [-0.2, 0) is 19.5 Å². The first-order valence-corrected chi connectivity index (χ1v) is 22.9. The van der Waals surface area contributed by atoms with Crippen molar-refractivity contribution in [2.24, 2.45) is 0 Å². The smallest absolute Gasteiger partial charge is 0.288 e. The Hall–Kier alpha value is -6.16. The summed E-state index contributed by atoms with van der Waals surface area (Å²) >= 11 is 0.832. The fraction of sp³-hybridized carbons (Fsp3) is 0.333. The van der Waals surface area contributed by atoms with Crippen LogP contribution in [-0.4, -0.2) is 104 Å². The molecule has 8 rings (SSSR count). The molecule has 344 valence electrons. The lowest BCUT2D eigenvalue weighted by atomic mass is 10.0. The Morgan fingerprint density at radius 1 is 0.646 bits per heavy atom. The van der Waals surface area contributed by atoms with Crippen LogP contribution in [0.5, 0.6) is 34.5 Å². The van der Waals surface area contributed by atoms with Gasteiger partial charge >= 0.3 is 0 Å². The molecule has 4 aromatic rings. The van der Waals surface area contributed by atoms with Crippen LogP contribution < -0.4 is 39.1 Å². The highest BCUT2D eigenvalue weighted by molar-refractivity contribution is 7.95. The number of rotatable bonds is 18. The standard InChI is InChI=1S/C45H48N4O14S2/c1-56-30-12-8-26(9-13-30)28-18-36-42(64-63-62-52)46-34-22-40(38(58-3)20-32(34)44(50)48(36)24-28)60-16-6-5-7-17-61-41-23-35-33(21-39(41)59-4)45(51)49-25-29(27-10-14-31(57-2)15-11-27)19-37(49)43(47-35)65(53,54)55/h8-15,20-25,36-37,42-43,46-47,52H,5-7,16-19H2,1-4H3,(H,53,54,55)/t36-,37-,42-,43-/m0/s1. The Balaban J connectivity index is 0.904. The van der Waals surface area contributed by atoms with E-state index in [9.17, 15) is 22.6 Å². The van der Waals surface area contributed by atoms with Gasteiger partial charge in [0.15, 0.2) is 28.4 Å². The molecule has 0 aromatic heterocycles. The second-order valence-electron chi connectivity index (χ2n) is 15.5. The van der Waals surface area contributed by atoms with Crippen LogP contribution in [0.1, 0.15) is 63.9 Å². The number of fused-ring (bicyclic) bond motifs is 4. The number of carbonyl (C=O) groups is 2. The lowest BCUT2D eigenvalue weighted by Crippen LogP contribution is -2.46. The molecule has 0 aliphatic carbocycles. The predicted octanol–water partition coefficient (Wildman–Crippen LogP) is 7.32. The van der Waals surface area contributed by atoms with E-state index in [1.54, 1.807) is 49.6 Å². The number of nitrogens with zero attached hydrogens (tertiary/aromatic N) is 2. The molecular formula is C45H48N4O14S2. The van der Waals surface area contributed by atoms with Gasteiger partial charge in [-0.15, -0.1) is 4.33 Å². The average molecular weight is 933 g/mol. The van der Waals surface area contributed by atoms with Crippen molar-refractivity contribution >= 4 is 56.5 Å². The number of anilines is 2. The zero-order valence-corrected chi connectivity index (χ0v) is 37.5. The monoisotopic (exact) mass is 932 g/mol. The Bertz CT molecular complexity index is 2590. The molecule has 0 bridgehead atoms. The highest BCUT2D eigenvalue weighted by Crippen LogP contribution is 2.45. The zero-order valence-electron chi connectivity index (χ0n) is 35.8.